The van der Waals surface area contributed by atoms with E-state index in [1.807, 2.05) is 18.3 Å². The van der Waals surface area contributed by atoms with E-state index in [2.05, 4.69) is 60.7 Å². The molecule has 0 atom stereocenters. The Hall–Kier alpha value is -2.03. The van der Waals surface area contributed by atoms with E-state index in [1.54, 1.807) is 0 Å². The van der Waals surface area contributed by atoms with E-state index in [1.165, 1.54) is 5.56 Å². The van der Waals surface area contributed by atoms with E-state index >= 15 is 0 Å². The van der Waals surface area contributed by atoms with E-state index in [-0.39, 0.29) is 0 Å². The Kier molecular flexibility index (Phi) is 4.99. The van der Waals surface area contributed by atoms with Crippen molar-refractivity contribution in [1.29, 1.82) is 0 Å². The molecular weight excluding hydrogens is 246 g/mol. The molecule has 0 spiro atoms. The van der Waals surface area contributed by atoms with Gasteiger partial charge in [-0.15, -0.1) is 0 Å². The monoisotopic (exact) mass is 269 g/mol. The lowest BCUT2D eigenvalue weighted by atomic mass is 10.0. The second-order valence-electron chi connectivity index (χ2n) is 5.26. The highest BCUT2D eigenvalue weighted by Crippen LogP contribution is 2.21. The van der Waals surface area contributed by atoms with Crippen molar-refractivity contribution in [2.24, 2.45) is 0 Å². The third kappa shape index (κ3) is 3.98. The molecule has 1 heterocycles. The van der Waals surface area contributed by atoms with Crippen LogP contribution in [-0.2, 0) is 0 Å². The lowest BCUT2D eigenvalue weighted by Crippen LogP contribution is -2.02. The second kappa shape index (κ2) is 6.94. The summed E-state index contributed by atoms with van der Waals surface area (Å²) in [5, 5.41) is 6.70. The molecule has 3 heteroatoms. The van der Waals surface area contributed by atoms with Crippen LogP contribution in [0.3, 0.4) is 0 Å². The molecule has 0 aliphatic rings. The summed E-state index contributed by atoms with van der Waals surface area (Å²) < 4.78 is 0. The first-order valence-electron chi connectivity index (χ1n) is 7.26. The van der Waals surface area contributed by atoms with Gasteiger partial charge in [0.1, 0.15) is 5.82 Å². The number of anilines is 3. The first-order valence-corrected chi connectivity index (χ1v) is 7.26. The summed E-state index contributed by atoms with van der Waals surface area (Å²) in [7, 11) is 0. The summed E-state index contributed by atoms with van der Waals surface area (Å²) in [5.41, 5.74) is 3.51. The number of rotatable bonds is 6. The van der Waals surface area contributed by atoms with E-state index in [0.29, 0.717) is 5.92 Å². The lowest BCUT2D eigenvalue weighted by molar-refractivity contribution is 0.867. The summed E-state index contributed by atoms with van der Waals surface area (Å²) in [6.45, 7) is 7.50. The molecule has 3 nitrogen and oxygen atoms in total. The quantitative estimate of drug-likeness (QED) is 0.793. The number of nitrogens with one attached hydrogen (secondary N) is 2. The van der Waals surface area contributed by atoms with Gasteiger partial charge in [-0.05, 0) is 36.1 Å². The normalized spacial score (nSPS) is 10.6. The van der Waals surface area contributed by atoms with Crippen molar-refractivity contribution in [2.75, 3.05) is 17.2 Å². The first-order chi connectivity index (χ1) is 9.69. The molecule has 1 aromatic heterocycles. The van der Waals surface area contributed by atoms with Gasteiger partial charge in [0.2, 0.25) is 0 Å². The van der Waals surface area contributed by atoms with Gasteiger partial charge >= 0.3 is 0 Å². The van der Waals surface area contributed by atoms with E-state index in [0.717, 1.165) is 30.2 Å². The van der Waals surface area contributed by atoms with Gasteiger partial charge in [-0.1, -0.05) is 32.9 Å². The zero-order chi connectivity index (χ0) is 14.4. The summed E-state index contributed by atoms with van der Waals surface area (Å²) in [4.78, 5) is 4.30. The van der Waals surface area contributed by atoms with Crippen molar-refractivity contribution in [1.82, 2.24) is 4.98 Å². The van der Waals surface area contributed by atoms with Gasteiger partial charge in [0.15, 0.2) is 0 Å². The molecule has 2 rings (SSSR count). The smallest absolute Gasteiger partial charge is 0.127 e. The Bertz CT molecular complexity index is 532. The Morgan fingerprint density at radius 1 is 1.05 bits per heavy atom. The highest BCUT2D eigenvalue weighted by molar-refractivity contribution is 5.62. The summed E-state index contributed by atoms with van der Waals surface area (Å²) >= 11 is 0. The third-order valence-electron chi connectivity index (χ3n) is 3.18. The van der Waals surface area contributed by atoms with E-state index < -0.39 is 0 Å². The average molecular weight is 269 g/mol. The highest BCUT2D eigenvalue weighted by Gasteiger charge is 2.00. The van der Waals surface area contributed by atoms with Gasteiger partial charge in [-0.25, -0.2) is 4.98 Å². The molecule has 2 aromatic rings. The highest BCUT2D eigenvalue weighted by atomic mass is 15.0. The fourth-order valence-corrected chi connectivity index (χ4v) is 1.98. The maximum atomic E-state index is 4.30. The van der Waals surface area contributed by atoms with Crippen molar-refractivity contribution >= 4 is 17.2 Å². The summed E-state index contributed by atoms with van der Waals surface area (Å²) in [6.07, 6.45) is 2.92. The van der Waals surface area contributed by atoms with Crippen molar-refractivity contribution in [3.05, 3.63) is 48.2 Å². The topological polar surface area (TPSA) is 37.0 Å². The fourth-order valence-electron chi connectivity index (χ4n) is 1.98. The molecule has 2 N–H and O–H groups in total. The van der Waals surface area contributed by atoms with Crippen molar-refractivity contribution < 1.29 is 0 Å². The van der Waals surface area contributed by atoms with E-state index in [4.69, 9.17) is 0 Å². The Morgan fingerprint density at radius 3 is 2.45 bits per heavy atom. The molecular formula is C17H23N3. The van der Waals surface area contributed by atoms with Crippen LogP contribution in [-0.4, -0.2) is 11.5 Å². The minimum absolute atomic E-state index is 0.565. The maximum Gasteiger partial charge on any atom is 0.127 e. The zero-order valence-corrected chi connectivity index (χ0v) is 12.5. The van der Waals surface area contributed by atoms with Crippen LogP contribution in [0.25, 0.3) is 0 Å². The Morgan fingerprint density at radius 2 is 1.80 bits per heavy atom. The third-order valence-corrected chi connectivity index (χ3v) is 3.18. The average Bonchev–Trinajstić information content (AvgIpc) is 2.46. The second-order valence-corrected chi connectivity index (χ2v) is 5.26. The molecule has 0 aliphatic heterocycles. The number of benzene rings is 1. The van der Waals surface area contributed by atoms with Crippen LogP contribution in [0.5, 0.6) is 0 Å². The van der Waals surface area contributed by atoms with Crippen LogP contribution in [0.15, 0.2) is 42.6 Å². The molecule has 0 bridgehead atoms. The van der Waals surface area contributed by atoms with E-state index in [9.17, 15) is 0 Å². The number of hydrogen-bond donors (Lipinski definition) is 2. The summed E-state index contributed by atoms with van der Waals surface area (Å²) in [6, 6.07) is 12.6. The minimum atomic E-state index is 0.565. The minimum Gasteiger partial charge on any atom is -0.370 e. The number of nitrogens with zero attached hydrogens (tertiary/aromatic N) is 1. The predicted octanol–water partition coefficient (Wildman–Crippen LogP) is 4.77. The predicted molar refractivity (Wildman–Crippen MR) is 86.8 cm³/mol. The van der Waals surface area contributed by atoms with Crippen molar-refractivity contribution in [3.63, 3.8) is 0 Å². The van der Waals surface area contributed by atoms with Crippen LogP contribution in [0.4, 0.5) is 17.2 Å². The molecule has 0 saturated carbocycles. The maximum absolute atomic E-state index is 4.30. The van der Waals surface area contributed by atoms with Crippen molar-refractivity contribution in [3.8, 4) is 0 Å². The van der Waals surface area contributed by atoms with Gasteiger partial charge in [0.25, 0.3) is 0 Å². The summed E-state index contributed by atoms with van der Waals surface area (Å²) in [5.74, 6) is 1.48. The molecule has 0 radical (unpaired) electrons. The van der Waals surface area contributed by atoms with Crippen LogP contribution in [0, 0.1) is 0 Å². The number of aromatic nitrogens is 1. The molecule has 0 saturated heterocycles. The molecule has 106 valence electrons. The van der Waals surface area contributed by atoms with Crippen LogP contribution in [0.2, 0.25) is 0 Å². The van der Waals surface area contributed by atoms with Crippen LogP contribution < -0.4 is 10.6 Å². The van der Waals surface area contributed by atoms with Gasteiger partial charge in [-0.2, -0.15) is 0 Å². The Labute approximate surface area is 121 Å². The first kappa shape index (κ1) is 14.4. The van der Waals surface area contributed by atoms with Crippen molar-refractivity contribution in [2.45, 2.75) is 33.1 Å². The molecule has 0 unspecified atom stereocenters. The molecule has 0 amide bonds. The number of pyridine rings is 1. The van der Waals surface area contributed by atoms with Gasteiger partial charge in [0.05, 0.1) is 0 Å². The van der Waals surface area contributed by atoms with Crippen LogP contribution in [0.1, 0.15) is 38.7 Å². The zero-order valence-electron chi connectivity index (χ0n) is 12.5. The van der Waals surface area contributed by atoms with Gasteiger partial charge in [0, 0.05) is 30.2 Å². The molecule has 0 fully saturated rings. The van der Waals surface area contributed by atoms with Crippen LogP contribution >= 0.6 is 0 Å². The van der Waals surface area contributed by atoms with Gasteiger partial charge < -0.3 is 10.6 Å². The molecule has 20 heavy (non-hydrogen) atoms. The lowest BCUT2D eigenvalue weighted by Gasteiger charge is -2.10. The SMILES string of the molecule is CCCNc1cc(Nc2ccc(C(C)C)cc2)ccn1. The number of hydrogen-bond acceptors (Lipinski definition) is 3. The fraction of sp³-hybridized carbons (Fsp3) is 0.353. The largest absolute Gasteiger partial charge is 0.370 e. The molecule has 0 aliphatic carbocycles. The van der Waals surface area contributed by atoms with Gasteiger partial charge in [-0.3, -0.25) is 0 Å². The standard InChI is InChI=1S/C17H23N3/c1-4-10-18-17-12-16(9-11-19-17)20-15-7-5-14(6-8-15)13(2)3/h5-9,11-13H,4,10H2,1-3H3,(H2,18,19,20). The Balaban J connectivity index is 2.05. The molecule has 1 aromatic carbocycles.